The number of furan rings is 1. The summed E-state index contributed by atoms with van der Waals surface area (Å²) in [5.41, 5.74) is 1.82. The van der Waals surface area contributed by atoms with Gasteiger partial charge in [0.2, 0.25) is 0 Å². The molecule has 3 heteroatoms. The highest BCUT2D eigenvalue weighted by Crippen LogP contribution is 2.30. The van der Waals surface area contributed by atoms with Crippen molar-refractivity contribution in [1.29, 1.82) is 0 Å². The summed E-state index contributed by atoms with van der Waals surface area (Å²) in [6.45, 7) is 14.6. The Morgan fingerprint density at radius 2 is 2.10 bits per heavy atom. The highest BCUT2D eigenvalue weighted by molar-refractivity contribution is 5.16. The Kier molecular flexibility index (Phi) is 5.88. The van der Waals surface area contributed by atoms with Crippen LogP contribution in [0.3, 0.4) is 0 Å². The maximum atomic E-state index is 5.74. The first-order valence-electron chi connectivity index (χ1n) is 8.44. The number of rotatable bonds is 6. The van der Waals surface area contributed by atoms with Crippen LogP contribution < -0.4 is 5.32 Å². The second kappa shape index (κ2) is 7.46. The molecule has 0 aliphatic carbocycles. The number of hydrogen-bond acceptors (Lipinski definition) is 3. The summed E-state index contributed by atoms with van der Waals surface area (Å²) >= 11 is 0. The van der Waals surface area contributed by atoms with Crippen LogP contribution in [0.5, 0.6) is 0 Å². The lowest BCUT2D eigenvalue weighted by Crippen LogP contribution is -2.26. The monoisotopic (exact) mass is 292 g/mol. The maximum absolute atomic E-state index is 5.74. The van der Waals surface area contributed by atoms with Crippen LogP contribution >= 0.6 is 0 Å². The molecule has 0 aromatic carbocycles. The van der Waals surface area contributed by atoms with Gasteiger partial charge in [-0.25, -0.2) is 0 Å². The summed E-state index contributed by atoms with van der Waals surface area (Å²) in [5.74, 6) is 1.83. The van der Waals surface area contributed by atoms with Crippen LogP contribution in [0.25, 0.3) is 0 Å². The fraction of sp³-hybridized carbons (Fsp3) is 0.778. The number of nitrogens with zero attached hydrogens (tertiary/aromatic N) is 1. The van der Waals surface area contributed by atoms with Crippen molar-refractivity contribution in [3.8, 4) is 0 Å². The lowest BCUT2D eigenvalue weighted by molar-refractivity contribution is 0.237. The van der Waals surface area contributed by atoms with Crippen molar-refractivity contribution in [1.82, 2.24) is 10.2 Å². The number of hydrogen-bond donors (Lipinski definition) is 1. The van der Waals surface area contributed by atoms with Gasteiger partial charge in [0.1, 0.15) is 5.76 Å². The zero-order valence-electron chi connectivity index (χ0n) is 14.2. The quantitative estimate of drug-likeness (QED) is 0.858. The zero-order valence-corrected chi connectivity index (χ0v) is 14.2. The van der Waals surface area contributed by atoms with Gasteiger partial charge in [-0.3, -0.25) is 4.90 Å². The molecule has 0 bridgehead atoms. The van der Waals surface area contributed by atoms with Gasteiger partial charge in [0.15, 0.2) is 0 Å². The van der Waals surface area contributed by atoms with Gasteiger partial charge in [-0.05, 0) is 56.3 Å². The first kappa shape index (κ1) is 16.6. The van der Waals surface area contributed by atoms with Crippen LogP contribution in [-0.2, 0) is 13.1 Å². The summed E-state index contributed by atoms with van der Waals surface area (Å²) in [7, 11) is 0. The minimum absolute atomic E-state index is 0.500. The predicted molar refractivity (Wildman–Crippen MR) is 88.2 cm³/mol. The van der Waals surface area contributed by atoms with Crippen molar-refractivity contribution in [3.63, 3.8) is 0 Å². The molecule has 0 saturated carbocycles. The zero-order chi connectivity index (χ0) is 15.3. The molecule has 0 spiro atoms. The summed E-state index contributed by atoms with van der Waals surface area (Å²) in [6, 6.07) is 2.12. The lowest BCUT2D eigenvalue weighted by Gasteiger charge is -2.23. The molecule has 1 fully saturated rings. The second-order valence-electron chi connectivity index (χ2n) is 7.69. The standard InChI is InChI=1S/C18H32N2O/c1-15(2)12-19-13-16-6-11-21-17(16)14-20-9-5-7-18(3,4)8-10-20/h6,11,15,19H,5,7-10,12-14H2,1-4H3. The number of nitrogens with one attached hydrogen (secondary N) is 1. The molecular formula is C18H32N2O. The van der Waals surface area contributed by atoms with Gasteiger partial charge in [0.05, 0.1) is 12.8 Å². The highest BCUT2D eigenvalue weighted by atomic mass is 16.3. The maximum Gasteiger partial charge on any atom is 0.122 e. The van der Waals surface area contributed by atoms with Crippen LogP contribution in [0, 0.1) is 11.3 Å². The third kappa shape index (κ3) is 5.48. The van der Waals surface area contributed by atoms with Crippen molar-refractivity contribution in [2.75, 3.05) is 19.6 Å². The Morgan fingerprint density at radius 1 is 1.29 bits per heavy atom. The van der Waals surface area contributed by atoms with Crippen molar-refractivity contribution in [3.05, 3.63) is 23.7 Å². The van der Waals surface area contributed by atoms with E-state index in [4.69, 9.17) is 4.42 Å². The van der Waals surface area contributed by atoms with Gasteiger partial charge in [-0.1, -0.05) is 27.7 Å². The fourth-order valence-electron chi connectivity index (χ4n) is 3.00. The van der Waals surface area contributed by atoms with E-state index in [1.54, 1.807) is 0 Å². The van der Waals surface area contributed by atoms with Crippen LogP contribution in [0.15, 0.2) is 16.7 Å². The van der Waals surface area contributed by atoms with Gasteiger partial charge in [-0.15, -0.1) is 0 Å². The molecule has 1 saturated heterocycles. The van der Waals surface area contributed by atoms with E-state index >= 15 is 0 Å². The second-order valence-corrected chi connectivity index (χ2v) is 7.69. The molecule has 1 aromatic rings. The molecule has 3 nitrogen and oxygen atoms in total. The van der Waals surface area contributed by atoms with Crippen LogP contribution in [0.2, 0.25) is 0 Å². The molecule has 0 unspecified atom stereocenters. The fourth-order valence-corrected chi connectivity index (χ4v) is 3.00. The van der Waals surface area contributed by atoms with Gasteiger partial charge < -0.3 is 9.73 Å². The summed E-state index contributed by atoms with van der Waals surface area (Å²) in [6.07, 6.45) is 5.76. The predicted octanol–water partition coefficient (Wildman–Crippen LogP) is 4.04. The SMILES string of the molecule is CC(C)CNCc1ccoc1CN1CCCC(C)(C)CC1. The molecule has 0 amide bonds. The molecule has 120 valence electrons. The molecule has 1 aromatic heterocycles. The van der Waals surface area contributed by atoms with Crippen LogP contribution in [-0.4, -0.2) is 24.5 Å². The first-order valence-corrected chi connectivity index (χ1v) is 8.44. The van der Waals surface area contributed by atoms with Gasteiger partial charge in [-0.2, -0.15) is 0 Å². The third-order valence-electron chi connectivity index (χ3n) is 4.51. The first-order chi connectivity index (χ1) is 9.96. The Hall–Kier alpha value is -0.800. The Bertz CT molecular complexity index is 423. The van der Waals surface area contributed by atoms with Gasteiger partial charge in [0, 0.05) is 12.1 Å². The van der Waals surface area contributed by atoms with E-state index in [0.29, 0.717) is 11.3 Å². The molecular weight excluding hydrogens is 260 g/mol. The van der Waals surface area contributed by atoms with E-state index in [0.717, 1.165) is 25.4 Å². The molecule has 21 heavy (non-hydrogen) atoms. The van der Waals surface area contributed by atoms with Crippen LogP contribution in [0.1, 0.15) is 58.3 Å². The van der Waals surface area contributed by atoms with E-state index in [-0.39, 0.29) is 0 Å². The Balaban J connectivity index is 1.86. The topological polar surface area (TPSA) is 28.4 Å². The molecule has 0 atom stereocenters. The minimum Gasteiger partial charge on any atom is -0.468 e. The molecule has 0 radical (unpaired) electrons. The molecule has 1 aliphatic heterocycles. The smallest absolute Gasteiger partial charge is 0.122 e. The van der Waals surface area contributed by atoms with E-state index in [2.05, 4.69) is 44.0 Å². The molecule has 1 aliphatic rings. The lowest BCUT2D eigenvalue weighted by atomic mass is 9.85. The van der Waals surface area contributed by atoms with E-state index in [1.807, 2.05) is 6.26 Å². The molecule has 2 heterocycles. The number of likely N-dealkylation sites (tertiary alicyclic amines) is 1. The van der Waals surface area contributed by atoms with E-state index in [1.165, 1.54) is 37.9 Å². The van der Waals surface area contributed by atoms with Crippen molar-refractivity contribution in [2.45, 2.75) is 60.0 Å². The summed E-state index contributed by atoms with van der Waals surface area (Å²) in [4.78, 5) is 2.56. The molecule has 1 N–H and O–H groups in total. The third-order valence-corrected chi connectivity index (χ3v) is 4.51. The van der Waals surface area contributed by atoms with Gasteiger partial charge >= 0.3 is 0 Å². The highest BCUT2D eigenvalue weighted by Gasteiger charge is 2.23. The van der Waals surface area contributed by atoms with Crippen molar-refractivity contribution in [2.24, 2.45) is 11.3 Å². The average molecular weight is 292 g/mol. The van der Waals surface area contributed by atoms with E-state index < -0.39 is 0 Å². The average Bonchev–Trinajstić information content (AvgIpc) is 2.75. The van der Waals surface area contributed by atoms with Crippen LogP contribution in [0.4, 0.5) is 0 Å². The normalized spacial score (nSPS) is 19.9. The van der Waals surface area contributed by atoms with Crippen molar-refractivity contribution >= 4 is 0 Å². The summed E-state index contributed by atoms with van der Waals surface area (Å²) in [5, 5.41) is 3.51. The van der Waals surface area contributed by atoms with Crippen molar-refractivity contribution < 1.29 is 4.42 Å². The Morgan fingerprint density at radius 3 is 2.86 bits per heavy atom. The van der Waals surface area contributed by atoms with E-state index in [9.17, 15) is 0 Å². The minimum atomic E-state index is 0.500. The molecule has 2 rings (SSSR count). The Labute approximate surface area is 130 Å². The van der Waals surface area contributed by atoms with Gasteiger partial charge in [0.25, 0.3) is 0 Å². The summed E-state index contributed by atoms with van der Waals surface area (Å²) < 4.78 is 5.74. The largest absolute Gasteiger partial charge is 0.468 e.